The number of nitrogens with one attached hydrogen (secondary N) is 1. The Balaban J connectivity index is 2.62. The van der Waals surface area contributed by atoms with E-state index in [-0.39, 0.29) is 5.41 Å². The quantitative estimate of drug-likeness (QED) is 0.791. The highest BCUT2D eigenvalue weighted by Gasteiger charge is 2.18. The third-order valence-electron chi connectivity index (χ3n) is 2.42. The van der Waals surface area contributed by atoms with E-state index >= 15 is 0 Å². The van der Waals surface area contributed by atoms with E-state index in [4.69, 9.17) is 9.47 Å². The van der Waals surface area contributed by atoms with Gasteiger partial charge in [0.05, 0.1) is 13.2 Å². The molecule has 0 spiro atoms. The minimum atomic E-state index is 0.105. The maximum Gasteiger partial charge on any atom is 0.161 e. The molecule has 96 valence electrons. The minimum absolute atomic E-state index is 0.105. The summed E-state index contributed by atoms with van der Waals surface area (Å²) in [6.07, 6.45) is 0. The van der Waals surface area contributed by atoms with Crippen LogP contribution in [0.15, 0.2) is 24.3 Å². The first-order valence-electron chi connectivity index (χ1n) is 6.08. The van der Waals surface area contributed by atoms with Gasteiger partial charge in [0, 0.05) is 12.0 Å². The Bertz CT molecular complexity index is 337. The first kappa shape index (κ1) is 13.8. The van der Waals surface area contributed by atoms with Crippen LogP contribution in [0.25, 0.3) is 0 Å². The molecule has 17 heavy (non-hydrogen) atoms. The summed E-state index contributed by atoms with van der Waals surface area (Å²) < 4.78 is 11.4. The molecule has 0 amide bonds. The summed E-state index contributed by atoms with van der Waals surface area (Å²) in [5, 5.41) is 3.17. The number of rotatable bonds is 7. The van der Waals surface area contributed by atoms with Gasteiger partial charge in [-0.15, -0.1) is 0 Å². The number of ether oxygens (including phenoxy) is 2. The number of hydrogen-bond donors (Lipinski definition) is 1. The van der Waals surface area contributed by atoms with E-state index in [2.05, 4.69) is 19.2 Å². The zero-order valence-electron chi connectivity index (χ0n) is 11.2. The van der Waals surface area contributed by atoms with Crippen LogP contribution in [0, 0.1) is 5.41 Å². The summed E-state index contributed by atoms with van der Waals surface area (Å²) in [7, 11) is 1.95. The molecule has 0 saturated heterocycles. The van der Waals surface area contributed by atoms with Gasteiger partial charge >= 0.3 is 0 Å². The molecule has 0 bridgehead atoms. The van der Waals surface area contributed by atoms with Gasteiger partial charge < -0.3 is 14.8 Å². The second-order valence-electron chi connectivity index (χ2n) is 4.86. The molecule has 0 radical (unpaired) electrons. The van der Waals surface area contributed by atoms with Crippen molar-refractivity contribution in [2.75, 3.05) is 26.8 Å². The van der Waals surface area contributed by atoms with Crippen molar-refractivity contribution in [3.8, 4) is 11.5 Å². The molecule has 0 heterocycles. The average Bonchev–Trinajstić information content (AvgIpc) is 2.28. The molecule has 3 heteroatoms. The molecular formula is C14H23NO2. The monoisotopic (exact) mass is 237 g/mol. The Labute approximate surface area is 104 Å². The lowest BCUT2D eigenvalue weighted by Gasteiger charge is -2.24. The first-order valence-corrected chi connectivity index (χ1v) is 6.08. The van der Waals surface area contributed by atoms with Crippen LogP contribution in [-0.4, -0.2) is 26.8 Å². The summed E-state index contributed by atoms with van der Waals surface area (Å²) >= 11 is 0. The second-order valence-corrected chi connectivity index (χ2v) is 4.86. The van der Waals surface area contributed by atoms with Crippen molar-refractivity contribution in [1.82, 2.24) is 5.32 Å². The predicted molar refractivity (Wildman–Crippen MR) is 70.8 cm³/mol. The van der Waals surface area contributed by atoms with Gasteiger partial charge in [0.15, 0.2) is 11.5 Å². The van der Waals surface area contributed by atoms with E-state index in [1.54, 1.807) is 0 Å². The van der Waals surface area contributed by atoms with Crippen LogP contribution in [0.1, 0.15) is 20.8 Å². The van der Waals surface area contributed by atoms with Crippen molar-refractivity contribution in [2.24, 2.45) is 5.41 Å². The Hall–Kier alpha value is -1.22. The fraction of sp³-hybridized carbons (Fsp3) is 0.571. The van der Waals surface area contributed by atoms with Gasteiger partial charge in [-0.3, -0.25) is 0 Å². The Morgan fingerprint density at radius 1 is 1.12 bits per heavy atom. The third-order valence-corrected chi connectivity index (χ3v) is 2.42. The van der Waals surface area contributed by atoms with Crippen LogP contribution in [-0.2, 0) is 0 Å². The highest BCUT2D eigenvalue weighted by Crippen LogP contribution is 2.28. The topological polar surface area (TPSA) is 30.5 Å². The van der Waals surface area contributed by atoms with Gasteiger partial charge in [0.2, 0.25) is 0 Å². The largest absolute Gasteiger partial charge is 0.490 e. The molecular weight excluding hydrogens is 214 g/mol. The zero-order chi connectivity index (χ0) is 12.7. The summed E-state index contributed by atoms with van der Waals surface area (Å²) in [5.41, 5.74) is 0.105. The fourth-order valence-electron chi connectivity index (χ4n) is 1.65. The molecule has 1 aromatic rings. The highest BCUT2D eigenvalue weighted by atomic mass is 16.5. The maximum absolute atomic E-state index is 5.84. The zero-order valence-corrected chi connectivity index (χ0v) is 11.2. The SMILES string of the molecule is CCOc1ccccc1OCC(C)(C)CNC. The van der Waals surface area contributed by atoms with Gasteiger partial charge in [0.1, 0.15) is 0 Å². The van der Waals surface area contributed by atoms with Crippen molar-refractivity contribution in [3.63, 3.8) is 0 Å². The van der Waals surface area contributed by atoms with Gasteiger partial charge in [-0.05, 0) is 26.1 Å². The molecule has 0 saturated carbocycles. The van der Waals surface area contributed by atoms with E-state index < -0.39 is 0 Å². The lowest BCUT2D eigenvalue weighted by Crippen LogP contribution is -2.32. The van der Waals surface area contributed by atoms with Gasteiger partial charge in [0.25, 0.3) is 0 Å². The molecule has 0 aromatic heterocycles. The molecule has 1 rings (SSSR count). The Kier molecular flexibility index (Phi) is 5.29. The van der Waals surface area contributed by atoms with Gasteiger partial charge in [-0.25, -0.2) is 0 Å². The smallest absolute Gasteiger partial charge is 0.161 e. The number of para-hydroxylation sites is 2. The van der Waals surface area contributed by atoms with E-state index in [9.17, 15) is 0 Å². The van der Waals surface area contributed by atoms with Crippen molar-refractivity contribution in [1.29, 1.82) is 0 Å². The van der Waals surface area contributed by atoms with Gasteiger partial charge in [-0.1, -0.05) is 26.0 Å². The van der Waals surface area contributed by atoms with E-state index in [1.165, 1.54) is 0 Å². The molecule has 1 N–H and O–H groups in total. The van der Waals surface area contributed by atoms with Crippen LogP contribution in [0.2, 0.25) is 0 Å². The Morgan fingerprint density at radius 3 is 2.24 bits per heavy atom. The summed E-state index contributed by atoms with van der Waals surface area (Å²) in [6.45, 7) is 8.56. The molecule has 0 fully saturated rings. The molecule has 0 aliphatic rings. The van der Waals surface area contributed by atoms with E-state index in [0.717, 1.165) is 18.0 Å². The van der Waals surface area contributed by atoms with Crippen molar-refractivity contribution in [3.05, 3.63) is 24.3 Å². The molecule has 3 nitrogen and oxygen atoms in total. The molecule has 0 aliphatic heterocycles. The average molecular weight is 237 g/mol. The van der Waals surface area contributed by atoms with Crippen LogP contribution < -0.4 is 14.8 Å². The standard InChI is InChI=1S/C14H23NO2/c1-5-16-12-8-6-7-9-13(12)17-11-14(2,3)10-15-4/h6-9,15H,5,10-11H2,1-4H3. The summed E-state index contributed by atoms with van der Waals surface area (Å²) in [6, 6.07) is 7.80. The normalized spacial score (nSPS) is 11.3. The van der Waals surface area contributed by atoms with Crippen LogP contribution in [0.5, 0.6) is 11.5 Å². The fourth-order valence-corrected chi connectivity index (χ4v) is 1.65. The van der Waals surface area contributed by atoms with Crippen molar-refractivity contribution < 1.29 is 9.47 Å². The second kappa shape index (κ2) is 6.50. The third kappa shape index (κ3) is 4.65. The molecule has 0 unspecified atom stereocenters. The van der Waals surface area contributed by atoms with Crippen LogP contribution in [0.4, 0.5) is 0 Å². The maximum atomic E-state index is 5.84. The molecule has 0 aliphatic carbocycles. The van der Waals surface area contributed by atoms with Crippen molar-refractivity contribution in [2.45, 2.75) is 20.8 Å². The van der Waals surface area contributed by atoms with Gasteiger partial charge in [-0.2, -0.15) is 0 Å². The minimum Gasteiger partial charge on any atom is -0.490 e. The van der Waals surface area contributed by atoms with Crippen LogP contribution >= 0.6 is 0 Å². The summed E-state index contributed by atoms with van der Waals surface area (Å²) in [4.78, 5) is 0. The lowest BCUT2D eigenvalue weighted by atomic mass is 9.95. The van der Waals surface area contributed by atoms with Crippen LogP contribution in [0.3, 0.4) is 0 Å². The Morgan fingerprint density at radius 2 is 1.71 bits per heavy atom. The first-order chi connectivity index (χ1) is 8.09. The number of benzene rings is 1. The number of hydrogen-bond acceptors (Lipinski definition) is 3. The van der Waals surface area contributed by atoms with E-state index in [0.29, 0.717) is 13.2 Å². The van der Waals surface area contributed by atoms with E-state index in [1.807, 2.05) is 38.2 Å². The molecule has 1 aromatic carbocycles. The van der Waals surface area contributed by atoms with Crippen molar-refractivity contribution >= 4 is 0 Å². The predicted octanol–water partition coefficient (Wildman–Crippen LogP) is 2.71. The lowest BCUT2D eigenvalue weighted by molar-refractivity contribution is 0.172. The highest BCUT2D eigenvalue weighted by molar-refractivity contribution is 5.39. The molecule has 0 atom stereocenters. The summed E-state index contributed by atoms with van der Waals surface area (Å²) in [5.74, 6) is 1.63.